The van der Waals surface area contributed by atoms with Crippen LogP contribution in [0.25, 0.3) is 22.2 Å². The van der Waals surface area contributed by atoms with Gasteiger partial charge in [0.15, 0.2) is 11.5 Å². The zero-order chi connectivity index (χ0) is 28.2. The molecule has 10 nitrogen and oxygen atoms in total. The molecule has 3 aromatic heterocycles. The fourth-order valence-corrected chi connectivity index (χ4v) is 6.31. The zero-order valence-electron chi connectivity index (χ0n) is 24.2. The van der Waals surface area contributed by atoms with Gasteiger partial charge in [0.1, 0.15) is 23.9 Å². The molecule has 0 spiro atoms. The van der Waals surface area contributed by atoms with E-state index in [1.165, 1.54) is 24.7 Å². The second kappa shape index (κ2) is 10.4. The van der Waals surface area contributed by atoms with Gasteiger partial charge in [-0.3, -0.25) is 9.47 Å². The van der Waals surface area contributed by atoms with Gasteiger partial charge in [0.2, 0.25) is 0 Å². The highest BCUT2D eigenvalue weighted by Crippen LogP contribution is 2.38. The van der Waals surface area contributed by atoms with Gasteiger partial charge < -0.3 is 20.6 Å². The van der Waals surface area contributed by atoms with Gasteiger partial charge in [-0.15, -0.1) is 0 Å². The Labute approximate surface area is 235 Å². The van der Waals surface area contributed by atoms with Crippen LogP contribution in [0.15, 0.2) is 30.9 Å². The van der Waals surface area contributed by atoms with Crippen molar-refractivity contribution in [2.75, 3.05) is 12.3 Å². The number of nitrogens with one attached hydrogen (secondary N) is 1. The Bertz CT molecular complexity index is 1480. The molecule has 1 aromatic carbocycles. The smallest absolute Gasteiger partial charge is 0.167 e. The van der Waals surface area contributed by atoms with Crippen molar-refractivity contribution in [1.29, 1.82) is 0 Å². The molecule has 4 aromatic rings. The summed E-state index contributed by atoms with van der Waals surface area (Å²) in [6, 6.07) is 7.46. The minimum absolute atomic E-state index is 0.119. The third-order valence-electron chi connectivity index (χ3n) is 8.82. The summed E-state index contributed by atoms with van der Waals surface area (Å²) in [7, 11) is 0. The van der Waals surface area contributed by atoms with Crippen LogP contribution in [0.4, 0.5) is 5.82 Å². The van der Waals surface area contributed by atoms with E-state index < -0.39 is 6.10 Å². The molecule has 1 saturated heterocycles. The molecule has 3 atom stereocenters. The molecular weight excluding hydrogens is 504 g/mol. The van der Waals surface area contributed by atoms with Crippen molar-refractivity contribution >= 4 is 28.0 Å². The van der Waals surface area contributed by atoms with Gasteiger partial charge in [-0.1, -0.05) is 26.8 Å². The molecule has 0 radical (unpaired) electrons. The summed E-state index contributed by atoms with van der Waals surface area (Å²) < 4.78 is 8.23. The van der Waals surface area contributed by atoms with Crippen molar-refractivity contribution in [2.45, 2.75) is 103 Å². The Kier molecular flexibility index (Phi) is 7.04. The molecule has 1 saturated carbocycles. The normalized spacial score (nSPS) is 25.4. The SMILES string of the molecule is CC(C)N(C[C@H]1O[C@@H](n2cnc3c(N)ncnc32)C[C@@H]1O)[C@H]1C[C@@H](CCc2nc3cc(C(C)(C)C)ccc3[nH]2)C1. The number of H-pyrrole nitrogens is 1. The summed E-state index contributed by atoms with van der Waals surface area (Å²) in [5.74, 6) is 2.12. The van der Waals surface area contributed by atoms with Crippen molar-refractivity contribution in [3.63, 3.8) is 0 Å². The first-order chi connectivity index (χ1) is 19.1. The van der Waals surface area contributed by atoms with E-state index in [1.807, 2.05) is 4.57 Å². The highest BCUT2D eigenvalue weighted by molar-refractivity contribution is 5.81. The lowest BCUT2D eigenvalue weighted by atomic mass is 9.76. The summed E-state index contributed by atoms with van der Waals surface area (Å²) in [6.45, 7) is 11.9. The van der Waals surface area contributed by atoms with Gasteiger partial charge in [0.05, 0.1) is 29.6 Å². The van der Waals surface area contributed by atoms with E-state index in [4.69, 9.17) is 15.5 Å². The number of ether oxygens (including phenoxy) is 1. The van der Waals surface area contributed by atoms with Crippen LogP contribution in [-0.2, 0) is 16.6 Å². The van der Waals surface area contributed by atoms with Gasteiger partial charge in [0, 0.05) is 31.5 Å². The summed E-state index contributed by atoms with van der Waals surface area (Å²) in [6.07, 6.45) is 6.90. The van der Waals surface area contributed by atoms with E-state index in [9.17, 15) is 5.11 Å². The predicted molar refractivity (Wildman–Crippen MR) is 156 cm³/mol. The lowest BCUT2D eigenvalue weighted by molar-refractivity contribution is -0.0579. The quantitative estimate of drug-likeness (QED) is 0.297. The summed E-state index contributed by atoms with van der Waals surface area (Å²) >= 11 is 0. The largest absolute Gasteiger partial charge is 0.390 e. The first-order valence-electron chi connectivity index (χ1n) is 14.6. The third-order valence-corrected chi connectivity index (χ3v) is 8.82. The van der Waals surface area contributed by atoms with Crippen molar-refractivity contribution in [1.82, 2.24) is 34.4 Å². The number of aliphatic hydroxyl groups is 1. The molecule has 40 heavy (non-hydrogen) atoms. The number of hydrogen-bond donors (Lipinski definition) is 3. The Morgan fingerprint density at radius 1 is 1.18 bits per heavy atom. The number of fused-ring (bicyclic) bond motifs is 2. The van der Waals surface area contributed by atoms with Crippen molar-refractivity contribution in [2.24, 2.45) is 5.92 Å². The lowest BCUT2D eigenvalue weighted by Gasteiger charge is -2.46. The molecule has 1 aliphatic carbocycles. The average Bonchev–Trinajstić information content (AvgIpc) is 3.58. The minimum atomic E-state index is -0.550. The van der Waals surface area contributed by atoms with Crippen LogP contribution < -0.4 is 5.73 Å². The van der Waals surface area contributed by atoms with E-state index in [1.54, 1.807) is 6.33 Å². The van der Waals surface area contributed by atoms with Crippen LogP contribution in [-0.4, -0.2) is 70.3 Å². The van der Waals surface area contributed by atoms with E-state index in [-0.39, 0.29) is 17.7 Å². The number of aromatic nitrogens is 6. The molecule has 4 heterocycles. The van der Waals surface area contributed by atoms with Crippen LogP contribution >= 0.6 is 0 Å². The van der Waals surface area contributed by atoms with Crippen molar-refractivity contribution in [3.8, 4) is 0 Å². The summed E-state index contributed by atoms with van der Waals surface area (Å²) in [5.41, 5.74) is 10.8. The number of benzene rings is 1. The van der Waals surface area contributed by atoms with E-state index in [0.29, 0.717) is 47.9 Å². The molecule has 2 fully saturated rings. The van der Waals surface area contributed by atoms with Gasteiger partial charge in [-0.25, -0.2) is 19.9 Å². The fourth-order valence-electron chi connectivity index (χ4n) is 6.31. The fraction of sp³-hybridized carbons (Fsp3) is 0.600. The second-order valence-electron chi connectivity index (χ2n) is 13.0. The first kappa shape index (κ1) is 27.1. The molecule has 2 aliphatic rings. The molecule has 0 unspecified atom stereocenters. The monoisotopic (exact) mass is 546 g/mol. The maximum Gasteiger partial charge on any atom is 0.167 e. The number of aliphatic hydroxyl groups excluding tert-OH is 1. The molecular formula is C30H42N8O2. The first-order valence-corrected chi connectivity index (χ1v) is 14.6. The highest BCUT2D eigenvalue weighted by atomic mass is 16.5. The number of rotatable bonds is 8. The number of nitrogen functional groups attached to an aromatic ring is 1. The summed E-state index contributed by atoms with van der Waals surface area (Å²) in [5, 5.41) is 10.9. The van der Waals surface area contributed by atoms with Crippen LogP contribution in [0.3, 0.4) is 0 Å². The lowest BCUT2D eigenvalue weighted by Crippen LogP contribution is -2.52. The third kappa shape index (κ3) is 5.20. The van der Waals surface area contributed by atoms with Crippen molar-refractivity contribution < 1.29 is 9.84 Å². The number of nitrogens with zero attached hydrogens (tertiary/aromatic N) is 6. The second-order valence-corrected chi connectivity index (χ2v) is 13.0. The topological polar surface area (TPSA) is 131 Å². The van der Waals surface area contributed by atoms with Crippen LogP contribution in [0.2, 0.25) is 0 Å². The van der Waals surface area contributed by atoms with Gasteiger partial charge in [0.25, 0.3) is 0 Å². The average molecular weight is 547 g/mol. The minimum Gasteiger partial charge on any atom is -0.390 e. The Balaban J connectivity index is 1.04. The molecule has 0 bridgehead atoms. The van der Waals surface area contributed by atoms with Gasteiger partial charge in [-0.2, -0.15) is 0 Å². The number of nitrogens with two attached hydrogens (primary N) is 1. The van der Waals surface area contributed by atoms with Crippen molar-refractivity contribution in [3.05, 3.63) is 42.2 Å². The number of hydrogen-bond acceptors (Lipinski definition) is 8. The van der Waals surface area contributed by atoms with E-state index in [2.05, 4.69) is 77.7 Å². The molecule has 1 aliphatic heterocycles. The molecule has 6 rings (SSSR count). The Hall–Kier alpha value is -3.08. The molecule has 10 heteroatoms. The molecule has 4 N–H and O–H groups in total. The zero-order valence-corrected chi connectivity index (χ0v) is 24.2. The van der Waals surface area contributed by atoms with E-state index >= 15 is 0 Å². The summed E-state index contributed by atoms with van der Waals surface area (Å²) in [4.78, 5) is 23.6. The number of imidazole rings is 2. The molecule has 214 valence electrons. The van der Waals surface area contributed by atoms with Gasteiger partial charge in [-0.05, 0) is 62.1 Å². The van der Waals surface area contributed by atoms with Crippen LogP contribution in [0.1, 0.15) is 77.9 Å². The number of anilines is 1. The Morgan fingerprint density at radius 2 is 1.98 bits per heavy atom. The Morgan fingerprint density at radius 3 is 2.73 bits per heavy atom. The van der Waals surface area contributed by atoms with Crippen LogP contribution in [0, 0.1) is 5.92 Å². The molecule has 0 amide bonds. The van der Waals surface area contributed by atoms with E-state index in [0.717, 1.165) is 29.7 Å². The predicted octanol–water partition coefficient (Wildman–Crippen LogP) is 4.35. The maximum absolute atomic E-state index is 10.9. The number of aromatic amines is 1. The standard InChI is InChI=1S/C30H42N8O2/c1-17(2)37(14-24-23(39)13-26(40-24)38-16-34-27-28(31)32-15-33-29(27)38)20-10-18(11-20)6-9-25-35-21-8-7-19(30(3,4)5)12-22(21)36-25/h7-8,12,15-18,20,23-24,26,39H,6,9-11,13-14H2,1-5H3,(H,35,36)(H2,31,32,33)/t18-,20+,23-,24+,26+/m0/s1. The van der Waals surface area contributed by atoms with Crippen LogP contribution in [0.5, 0.6) is 0 Å². The maximum atomic E-state index is 10.9. The van der Waals surface area contributed by atoms with Gasteiger partial charge >= 0.3 is 0 Å². The highest BCUT2D eigenvalue weighted by Gasteiger charge is 2.41. The number of aryl methyl sites for hydroxylation is 1.